The lowest BCUT2D eigenvalue weighted by Gasteiger charge is -2.27. The molecular weight excluding hydrogens is 590 g/mol. The van der Waals surface area contributed by atoms with Crippen LogP contribution in [0.25, 0.3) is 11.1 Å². The molecule has 3 amide bonds. The molecule has 0 heterocycles. The van der Waals surface area contributed by atoms with Gasteiger partial charge in [-0.05, 0) is 42.0 Å². The maximum absolute atomic E-state index is 13.7. The number of carbonyl (C=O) groups is 5. The SMILES string of the molecule is CCOC(=O)CNC(=O)C(O)[C@H](COCc1ccccc1)NC(=O)[C@H](CC(C)C)NC(=O)c1cccc2c1C(=O)c1ccccc1-2. The van der Waals surface area contributed by atoms with Gasteiger partial charge in [0.25, 0.3) is 11.8 Å². The second-order valence-corrected chi connectivity index (χ2v) is 11.3. The summed E-state index contributed by atoms with van der Waals surface area (Å²) in [6.07, 6.45) is -1.57. The zero-order chi connectivity index (χ0) is 33.2. The van der Waals surface area contributed by atoms with Gasteiger partial charge in [0.1, 0.15) is 12.6 Å². The first kappa shape index (κ1) is 34.0. The Morgan fingerprint density at radius 3 is 2.20 bits per heavy atom. The third-order valence-corrected chi connectivity index (χ3v) is 7.43. The van der Waals surface area contributed by atoms with Crippen LogP contribution < -0.4 is 16.0 Å². The van der Waals surface area contributed by atoms with E-state index >= 15 is 0 Å². The third-order valence-electron chi connectivity index (χ3n) is 7.43. The molecule has 242 valence electrons. The highest BCUT2D eigenvalue weighted by Crippen LogP contribution is 2.38. The number of amides is 3. The van der Waals surface area contributed by atoms with Gasteiger partial charge in [0.15, 0.2) is 11.9 Å². The van der Waals surface area contributed by atoms with Crippen LogP contribution in [0.3, 0.4) is 0 Å². The first-order chi connectivity index (χ1) is 22.1. The number of benzene rings is 3. The van der Waals surface area contributed by atoms with Gasteiger partial charge in [-0.3, -0.25) is 24.0 Å². The van der Waals surface area contributed by atoms with Crippen LogP contribution in [0.2, 0.25) is 0 Å². The van der Waals surface area contributed by atoms with E-state index in [4.69, 9.17) is 9.47 Å². The van der Waals surface area contributed by atoms with Gasteiger partial charge in [0, 0.05) is 11.1 Å². The van der Waals surface area contributed by atoms with Crippen molar-refractivity contribution in [1.82, 2.24) is 16.0 Å². The van der Waals surface area contributed by atoms with Gasteiger partial charge in [-0.15, -0.1) is 0 Å². The lowest BCUT2D eigenvalue weighted by molar-refractivity contribution is -0.145. The molecule has 0 saturated heterocycles. The van der Waals surface area contributed by atoms with E-state index in [9.17, 15) is 29.1 Å². The lowest BCUT2D eigenvalue weighted by Crippen LogP contribution is -2.57. The highest BCUT2D eigenvalue weighted by atomic mass is 16.5. The Kier molecular flexibility index (Phi) is 11.8. The number of fused-ring (bicyclic) bond motifs is 3. The third kappa shape index (κ3) is 8.43. The molecule has 11 nitrogen and oxygen atoms in total. The number of ether oxygens (including phenoxy) is 2. The summed E-state index contributed by atoms with van der Waals surface area (Å²) < 4.78 is 10.6. The quantitative estimate of drug-likeness (QED) is 0.146. The van der Waals surface area contributed by atoms with Gasteiger partial charge in [-0.2, -0.15) is 0 Å². The van der Waals surface area contributed by atoms with Crippen LogP contribution in [-0.2, 0) is 30.5 Å². The van der Waals surface area contributed by atoms with Crippen LogP contribution in [0.1, 0.15) is 59.0 Å². The van der Waals surface area contributed by atoms with E-state index in [1.807, 2.05) is 56.3 Å². The number of hydrogen-bond acceptors (Lipinski definition) is 8. The molecule has 46 heavy (non-hydrogen) atoms. The number of hydrogen-bond donors (Lipinski definition) is 4. The molecule has 1 unspecified atom stereocenters. The Morgan fingerprint density at radius 1 is 0.826 bits per heavy atom. The molecule has 0 spiro atoms. The molecule has 11 heteroatoms. The second-order valence-electron chi connectivity index (χ2n) is 11.3. The molecule has 0 saturated carbocycles. The number of rotatable bonds is 15. The van der Waals surface area contributed by atoms with Gasteiger partial charge >= 0.3 is 5.97 Å². The molecular formula is C35H39N3O8. The van der Waals surface area contributed by atoms with Crippen LogP contribution >= 0.6 is 0 Å². The summed E-state index contributed by atoms with van der Waals surface area (Å²) in [5.74, 6) is -3.16. The minimum absolute atomic E-state index is 0.0333. The van der Waals surface area contributed by atoms with Crippen molar-refractivity contribution in [2.75, 3.05) is 19.8 Å². The average Bonchev–Trinajstić information content (AvgIpc) is 3.34. The molecule has 0 radical (unpaired) electrons. The van der Waals surface area contributed by atoms with E-state index in [0.717, 1.165) is 11.1 Å². The Morgan fingerprint density at radius 2 is 1.50 bits per heavy atom. The molecule has 0 aliphatic heterocycles. The summed E-state index contributed by atoms with van der Waals surface area (Å²) in [4.78, 5) is 65.1. The first-order valence-electron chi connectivity index (χ1n) is 15.2. The molecule has 1 aliphatic rings. The zero-order valence-corrected chi connectivity index (χ0v) is 26.1. The van der Waals surface area contributed by atoms with Gasteiger partial charge in [0.05, 0.1) is 31.4 Å². The zero-order valence-electron chi connectivity index (χ0n) is 26.1. The first-order valence-corrected chi connectivity index (χ1v) is 15.2. The summed E-state index contributed by atoms with van der Waals surface area (Å²) in [5.41, 5.74) is 3.13. The summed E-state index contributed by atoms with van der Waals surface area (Å²) in [6.45, 7) is 4.93. The normalized spacial score (nSPS) is 13.6. The number of carbonyl (C=O) groups excluding carboxylic acids is 5. The van der Waals surface area contributed by atoms with Gasteiger partial charge in [-0.1, -0.05) is 80.6 Å². The summed E-state index contributed by atoms with van der Waals surface area (Å²) in [7, 11) is 0. The number of ketones is 1. The van der Waals surface area contributed by atoms with Gasteiger partial charge in [-0.25, -0.2) is 0 Å². The lowest BCUT2D eigenvalue weighted by atomic mass is 9.98. The summed E-state index contributed by atoms with van der Waals surface area (Å²) in [6, 6.07) is 19.0. The van der Waals surface area contributed by atoms with Crippen LogP contribution in [0.15, 0.2) is 72.8 Å². The Labute approximate surface area is 267 Å². The van der Waals surface area contributed by atoms with Crippen molar-refractivity contribution in [1.29, 1.82) is 0 Å². The Balaban J connectivity index is 1.51. The van der Waals surface area contributed by atoms with Gasteiger partial charge < -0.3 is 30.5 Å². The maximum atomic E-state index is 13.7. The predicted molar refractivity (Wildman–Crippen MR) is 170 cm³/mol. The Hall–Kier alpha value is -4.87. The van der Waals surface area contributed by atoms with E-state index in [0.29, 0.717) is 11.1 Å². The minimum atomic E-state index is -1.79. The maximum Gasteiger partial charge on any atom is 0.325 e. The number of nitrogens with one attached hydrogen (secondary N) is 3. The monoisotopic (exact) mass is 629 g/mol. The molecule has 0 fully saturated rings. The van der Waals surface area contributed by atoms with Crippen LogP contribution in [0, 0.1) is 5.92 Å². The van der Waals surface area contributed by atoms with E-state index in [1.165, 1.54) is 0 Å². The van der Waals surface area contributed by atoms with Crippen molar-refractivity contribution >= 4 is 29.5 Å². The minimum Gasteiger partial charge on any atom is -0.465 e. The molecule has 3 aromatic rings. The fourth-order valence-corrected chi connectivity index (χ4v) is 5.23. The van der Waals surface area contributed by atoms with Crippen LogP contribution in [0.5, 0.6) is 0 Å². The summed E-state index contributed by atoms with van der Waals surface area (Å²) >= 11 is 0. The molecule has 1 aliphatic carbocycles. The number of aliphatic hydroxyl groups is 1. The molecule has 3 aromatic carbocycles. The smallest absolute Gasteiger partial charge is 0.325 e. The van der Waals surface area contributed by atoms with Crippen molar-refractivity contribution < 1.29 is 38.6 Å². The highest BCUT2D eigenvalue weighted by molar-refractivity contribution is 6.25. The molecule has 4 rings (SSSR count). The van der Waals surface area contributed by atoms with E-state index in [2.05, 4.69) is 16.0 Å². The number of aliphatic hydroxyl groups excluding tert-OH is 1. The van der Waals surface area contributed by atoms with E-state index in [1.54, 1.807) is 37.3 Å². The molecule has 0 aromatic heterocycles. The van der Waals surface area contributed by atoms with Crippen molar-refractivity contribution in [3.63, 3.8) is 0 Å². The fourth-order valence-electron chi connectivity index (χ4n) is 5.23. The highest BCUT2D eigenvalue weighted by Gasteiger charge is 2.34. The molecule has 3 atom stereocenters. The van der Waals surface area contributed by atoms with E-state index in [-0.39, 0.29) is 49.1 Å². The standard InChI is InChI=1S/C35H39N3O8/c1-4-46-29(39)18-36-35(44)32(41)28(20-45-19-22-11-6-5-7-12-22)38-34(43)27(17-21(2)3)37-33(42)26-16-10-15-24-23-13-8-9-14-25(23)31(40)30(24)26/h5-16,21,27-28,32,41H,4,17-20H2,1-3H3,(H,36,44)(H,37,42)(H,38,43)/t27-,28-,32?/m0/s1. The fraction of sp³-hybridized carbons (Fsp3) is 0.343. The van der Waals surface area contributed by atoms with E-state index < -0.39 is 48.4 Å². The van der Waals surface area contributed by atoms with Crippen LogP contribution in [0.4, 0.5) is 0 Å². The summed E-state index contributed by atoms with van der Waals surface area (Å²) in [5, 5.41) is 18.7. The van der Waals surface area contributed by atoms with Crippen LogP contribution in [-0.4, -0.2) is 72.5 Å². The van der Waals surface area contributed by atoms with Gasteiger partial charge in [0.2, 0.25) is 5.91 Å². The molecule has 0 bridgehead atoms. The second kappa shape index (κ2) is 15.9. The Bertz CT molecular complexity index is 1570. The topological polar surface area (TPSA) is 160 Å². The molecule has 4 N–H and O–H groups in total. The van der Waals surface area contributed by atoms with Crippen molar-refractivity contribution in [3.8, 4) is 11.1 Å². The average molecular weight is 630 g/mol. The predicted octanol–water partition coefficient (Wildman–Crippen LogP) is 2.78. The van der Waals surface area contributed by atoms with Crippen molar-refractivity contribution in [2.45, 2.75) is 52.0 Å². The number of esters is 1. The van der Waals surface area contributed by atoms with Crippen molar-refractivity contribution in [3.05, 3.63) is 95.1 Å². The largest absolute Gasteiger partial charge is 0.465 e. The van der Waals surface area contributed by atoms with Crippen molar-refractivity contribution in [2.24, 2.45) is 5.92 Å².